The Balaban J connectivity index is 2.01. The van der Waals surface area contributed by atoms with E-state index in [1.807, 2.05) is 35.0 Å². The molecule has 0 amide bonds. The molecule has 0 N–H and O–H groups in total. The van der Waals surface area contributed by atoms with Crippen molar-refractivity contribution in [3.63, 3.8) is 0 Å². The van der Waals surface area contributed by atoms with Gasteiger partial charge in [0.1, 0.15) is 5.69 Å². The molecule has 3 rings (SSSR count). The highest BCUT2D eigenvalue weighted by molar-refractivity contribution is 6.30. The van der Waals surface area contributed by atoms with Gasteiger partial charge in [0.25, 0.3) is 0 Å². The Morgan fingerprint density at radius 1 is 1.33 bits per heavy atom. The number of aromatic nitrogens is 4. The molecule has 0 aliphatic rings. The van der Waals surface area contributed by atoms with Gasteiger partial charge in [0, 0.05) is 23.0 Å². The molecule has 0 saturated carbocycles. The fourth-order valence-corrected chi connectivity index (χ4v) is 2.22. The Morgan fingerprint density at radius 3 is 2.95 bits per heavy atom. The molecule has 0 atom stereocenters. The van der Waals surface area contributed by atoms with Gasteiger partial charge in [-0.05, 0) is 12.1 Å². The van der Waals surface area contributed by atoms with Gasteiger partial charge < -0.3 is 9.30 Å². The number of nitrogens with zero attached hydrogens (tertiary/aromatic N) is 4. The van der Waals surface area contributed by atoms with Crippen LogP contribution in [-0.4, -0.2) is 26.6 Å². The SMILES string of the molecule is COc1ncc(Cn2ccnc2)nc1-c1cccc(Cl)c1. The summed E-state index contributed by atoms with van der Waals surface area (Å²) in [6.07, 6.45) is 7.05. The van der Waals surface area contributed by atoms with Crippen LogP contribution < -0.4 is 4.74 Å². The van der Waals surface area contributed by atoms with E-state index < -0.39 is 0 Å². The van der Waals surface area contributed by atoms with Crippen molar-refractivity contribution in [2.45, 2.75) is 6.54 Å². The van der Waals surface area contributed by atoms with Crippen LogP contribution in [0.1, 0.15) is 5.69 Å². The molecule has 0 radical (unpaired) electrons. The Labute approximate surface area is 127 Å². The molecule has 106 valence electrons. The third-order valence-corrected chi connectivity index (χ3v) is 3.22. The second-order valence-electron chi connectivity index (χ2n) is 4.46. The van der Waals surface area contributed by atoms with Gasteiger partial charge in [-0.15, -0.1) is 0 Å². The summed E-state index contributed by atoms with van der Waals surface area (Å²) in [5.41, 5.74) is 2.38. The van der Waals surface area contributed by atoms with E-state index in [0.717, 1.165) is 11.3 Å². The van der Waals surface area contributed by atoms with Crippen molar-refractivity contribution in [3.8, 4) is 17.1 Å². The van der Waals surface area contributed by atoms with Crippen molar-refractivity contribution < 1.29 is 4.74 Å². The molecule has 6 heteroatoms. The Kier molecular flexibility index (Phi) is 3.83. The lowest BCUT2D eigenvalue weighted by Gasteiger charge is -2.09. The zero-order chi connectivity index (χ0) is 14.7. The largest absolute Gasteiger partial charge is 0.479 e. The number of hydrogen-bond acceptors (Lipinski definition) is 4. The average molecular weight is 301 g/mol. The molecule has 3 aromatic rings. The minimum atomic E-state index is 0.478. The van der Waals surface area contributed by atoms with E-state index in [0.29, 0.717) is 23.1 Å². The summed E-state index contributed by atoms with van der Waals surface area (Å²) < 4.78 is 7.22. The third-order valence-electron chi connectivity index (χ3n) is 2.98. The molecule has 1 aromatic carbocycles. The smallest absolute Gasteiger partial charge is 0.240 e. The molecule has 0 saturated heterocycles. The van der Waals surface area contributed by atoms with Crippen LogP contribution in [-0.2, 0) is 6.54 Å². The summed E-state index contributed by atoms with van der Waals surface area (Å²) in [6.45, 7) is 0.602. The maximum Gasteiger partial charge on any atom is 0.240 e. The van der Waals surface area contributed by atoms with Crippen molar-refractivity contribution in [3.05, 3.63) is 59.9 Å². The zero-order valence-electron chi connectivity index (χ0n) is 11.4. The van der Waals surface area contributed by atoms with Gasteiger partial charge in [-0.25, -0.2) is 15.0 Å². The van der Waals surface area contributed by atoms with Crippen LogP contribution in [0, 0.1) is 0 Å². The summed E-state index contributed by atoms with van der Waals surface area (Å²) in [5, 5.41) is 0.649. The van der Waals surface area contributed by atoms with E-state index in [-0.39, 0.29) is 0 Å². The standard InChI is InChI=1S/C15H13ClN4O/c1-21-15-14(11-3-2-4-12(16)7-11)19-13(8-18-15)9-20-6-5-17-10-20/h2-8,10H,9H2,1H3. The lowest BCUT2D eigenvalue weighted by Crippen LogP contribution is -2.03. The number of halogens is 1. The van der Waals surface area contributed by atoms with Gasteiger partial charge in [-0.3, -0.25) is 0 Å². The highest BCUT2D eigenvalue weighted by Gasteiger charge is 2.11. The Hall–Kier alpha value is -2.40. The second-order valence-corrected chi connectivity index (χ2v) is 4.90. The lowest BCUT2D eigenvalue weighted by molar-refractivity contribution is 0.397. The Morgan fingerprint density at radius 2 is 2.24 bits per heavy atom. The first-order valence-corrected chi connectivity index (χ1v) is 6.75. The molecule has 0 bridgehead atoms. The summed E-state index contributed by atoms with van der Waals surface area (Å²) in [5.74, 6) is 0.478. The molecular weight excluding hydrogens is 288 g/mol. The zero-order valence-corrected chi connectivity index (χ0v) is 12.2. The van der Waals surface area contributed by atoms with E-state index in [1.54, 1.807) is 25.8 Å². The molecule has 0 spiro atoms. The van der Waals surface area contributed by atoms with Crippen LogP contribution in [0.3, 0.4) is 0 Å². The Bertz CT molecular complexity index is 743. The fourth-order valence-electron chi connectivity index (χ4n) is 2.03. The number of benzene rings is 1. The predicted molar refractivity (Wildman–Crippen MR) is 80.4 cm³/mol. The first kappa shape index (κ1) is 13.6. The normalized spacial score (nSPS) is 10.6. The molecular formula is C15H13ClN4O. The maximum absolute atomic E-state index is 6.04. The van der Waals surface area contributed by atoms with E-state index in [4.69, 9.17) is 16.3 Å². The minimum Gasteiger partial charge on any atom is -0.479 e. The van der Waals surface area contributed by atoms with E-state index in [1.165, 1.54) is 0 Å². The van der Waals surface area contributed by atoms with Crippen molar-refractivity contribution in [1.29, 1.82) is 0 Å². The van der Waals surface area contributed by atoms with Crippen molar-refractivity contribution in [2.24, 2.45) is 0 Å². The fraction of sp³-hybridized carbons (Fsp3) is 0.133. The number of hydrogen-bond donors (Lipinski definition) is 0. The predicted octanol–water partition coefficient (Wildman–Crippen LogP) is 3.05. The topological polar surface area (TPSA) is 52.8 Å². The second kappa shape index (κ2) is 5.93. The number of rotatable bonds is 4. The molecule has 2 heterocycles. The van der Waals surface area contributed by atoms with E-state index >= 15 is 0 Å². The number of ether oxygens (including phenoxy) is 1. The van der Waals surface area contributed by atoms with Crippen molar-refractivity contribution in [1.82, 2.24) is 19.5 Å². The molecule has 0 aliphatic heterocycles. The summed E-state index contributed by atoms with van der Waals surface area (Å²) in [7, 11) is 1.58. The van der Waals surface area contributed by atoms with Gasteiger partial charge in [-0.1, -0.05) is 23.7 Å². The van der Waals surface area contributed by atoms with Gasteiger partial charge in [0.15, 0.2) is 0 Å². The third kappa shape index (κ3) is 3.03. The first-order chi connectivity index (χ1) is 10.3. The van der Waals surface area contributed by atoms with E-state index in [2.05, 4.69) is 15.0 Å². The molecule has 5 nitrogen and oxygen atoms in total. The van der Waals surface area contributed by atoms with Crippen LogP contribution in [0.25, 0.3) is 11.3 Å². The minimum absolute atomic E-state index is 0.478. The van der Waals surface area contributed by atoms with Crippen molar-refractivity contribution >= 4 is 11.6 Å². The molecule has 0 aliphatic carbocycles. The van der Waals surface area contributed by atoms with Crippen LogP contribution in [0.5, 0.6) is 5.88 Å². The maximum atomic E-state index is 6.04. The monoisotopic (exact) mass is 300 g/mol. The number of imidazole rings is 1. The summed E-state index contributed by atoms with van der Waals surface area (Å²) in [6, 6.07) is 7.47. The van der Waals surface area contributed by atoms with Gasteiger partial charge in [-0.2, -0.15) is 0 Å². The summed E-state index contributed by atoms with van der Waals surface area (Å²) >= 11 is 6.04. The van der Waals surface area contributed by atoms with Gasteiger partial charge >= 0.3 is 0 Å². The quantitative estimate of drug-likeness (QED) is 0.743. The van der Waals surface area contributed by atoms with Gasteiger partial charge in [0.2, 0.25) is 5.88 Å². The lowest BCUT2D eigenvalue weighted by atomic mass is 10.1. The van der Waals surface area contributed by atoms with Gasteiger partial charge in [0.05, 0.1) is 31.9 Å². The molecule has 0 fully saturated rings. The summed E-state index contributed by atoms with van der Waals surface area (Å²) in [4.78, 5) is 13.0. The highest BCUT2D eigenvalue weighted by atomic mass is 35.5. The van der Waals surface area contributed by atoms with Crippen LogP contribution in [0.15, 0.2) is 49.2 Å². The average Bonchev–Trinajstić information content (AvgIpc) is 3.00. The first-order valence-electron chi connectivity index (χ1n) is 6.38. The molecule has 2 aromatic heterocycles. The molecule has 0 unspecified atom stereocenters. The van der Waals surface area contributed by atoms with Crippen LogP contribution >= 0.6 is 11.6 Å². The van der Waals surface area contributed by atoms with Crippen LogP contribution in [0.2, 0.25) is 5.02 Å². The number of methoxy groups -OCH3 is 1. The van der Waals surface area contributed by atoms with Crippen LogP contribution in [0.4, 0.5) is 0 Å². The molecule has 21 heavy (non-hydrogen) atoms. The van der Waals surface area contributed by atoms with Crippen molar-refractivity contribution in [2.75, 3.05) is 7.11 Å². The van der Waals surface area contributed by atoms with E-state index in [9.17, 15) is 0 Å². The highest BCUT2D eigenvalue weighted by Crippen LogP contribution is 2.28.